The lowest BCUT2D eigenvalue weighted by Gasteiger charge is -2.23. The van der Waals surface area contributed by atoms with Crippen molar-refractivity contribution in [1.82, 2.24) is 5.32 Å². The normalized spacial score (nSPS) is 14.0. The van der Waals surface area contributed by atoms with Crippen LogP contribution in [0.15, 0.2) is 18.2 Å². The van der Waals surface area contributed by atoms with E-state index in [1.807, 2.05) is 0 Å². The standard InChI is InChI=1S/C15H20FNO6/c1-15(2,3)23-14(22)17-7-11(18)12(19)10-6-8(16)4-5-9(10)13(20)21/h4-6,11-12,18-19H,7H2,1-3H3,(H,17,22)(H,20,21). The first kappa shape index (κ1) is 18.9. The van der Waals surface area contributed by atoms with E-state index >= 15 is 0 Å². The molecule has 1 rings (SSSR count). The summed E-state index contributed by atoms with van der Waals surface area (Å²) in [5.74, 6) is -2.12. The molecule has 4 N–H and O–H groups in total. The number of nitrogens with one attached hydrogen (secondary N) is 1. The highest BCUT2D eigenvalue weighted by molar-refractivity contribution is 5.89. The fourth-order valence-electron chi connectivity index (χ4n) is 1.79. The Morgan fingerprint density at radius 2 is 1.91 bits per heavy atom. The number of benzene rings is 1. The minimum Gasteiger partial charge on any atom is -0.478 e. The number of aromatic carboxylic acids is 1. The van der Waals surface area contributed by atoms with Gasteiger partial charge in [-0.2, -0.15) is 0 Å². The minimum atomic E-state index is -1.69. The highest BCUT2D eigenvalue weighted by atomic mass is 19.1. The summed E-state index contributed by atoms with van der Waals surface area (Å²) in [6.07, 6.45) is -4.03. The van der Waals surface area contributed by atoms with E-state index in [1.54, 1.807) is 20.8 Å². The first-order valence-electron chi connectivity index (χ1n) is 6.87. The van der Waals surface area contributed by atoms with Crippen LogP contribution in [0.3, 0.4) is 0 Å². The number of hydrogen-bond acceptors (Lipinski definition) is 5. The number of alkyl carbamates (subject to hydrolysis) is 1. The molecular weight excluding hydrogens is 309 g/mol. The summed E-state index contributed by atoms with van der Waals surface area (Å²) in [6, 6.07) is 2.75. The first-order valence-corrected chi connectivity index (χ1v) is 6.87. The average Bonchev–Trinajstić information content (AvgIpc) is 2.41. The molecule has 1 aromatic carbocycles. The third kappa shape index (κ3) is 5.84. The Bertz CT molecular complexity index is 584. The second-order valence-electron chi connectivity index (χ2n) is 5.93. The van der Waals surface area contributed by atoms with Crippen LogP contribution in [0.5, 0.6) is 0 Å². The Balaban J connectivity index is 2.77. The molecule has 2 unspecified atom stereocenters. The van der Waals surface area contributed by atoms with Crippen molar-refractivity contribution in [3.63, 3.8) is 0 Å². The van der Waals surface area contributed by atoms with Crippen LogP contribution < -0.4 is 5.32 Å². The molecule has 0 spiro atoms. The highest BCUT2D eigenvalue weighted by Crippen LogP contribution is 2.22. The van der Waals surface area contributed by atoms with Gasteiger partial charge in [-0.1, -0.05) is 0 Å². The summed E-state index contributed by atoms with van der Waals surface area (Å²) in [6.45, 7) is 4.57. The fraction of sp³-hybridized carbons (Fsp3) is 0.467. The summed E-state index contributed by atoms with van der Waals surface area (Å²) in [5.41, 5.74) is -1.35. The van der Waals surface area contributed by atoms with E-state index in [1.165, 1.54) is 0 Å². The van der Waals surface area contributed by atoms with Crippen LogP contribution in [0.25, 0.3) is 0 Å². The summed E-state index contributed by atoms with van der Waals surface area (Å²) < 4.78 is 18.2. The van der Waals surface area contributed by atoms with E-state index < -0.39 is 42.2 Å². The lowest BCUT2D eigenvalue weighted by Crippen LogP contribution is -2.39. The van der Waals surface area contributed by atoms with Crippen LogP contribution in [0.4, 0.5) is 9.18 Å². The van der Waals surface area contributed by atoms with Crippen molar-refractivity contribution in [1.29, 1.82) is 0 Å². The number of halogens is 1. The number of aliphatic hydroxyl groups excluding tert-OH is 2. The number of carbonyl (C=O) groups is 2. The van der Waals surface area contributed by atoms with E-state index in [0.717, 1.165) is 18.2 Å². The van der Waals surface area contributed by atoms with Gasteiger partial charge < -0.3 is 25.4 Å². The van der Waals surface area contributed by atoms with Gasteiger partial charge in [-0.3, -0.25) is 0 Å². The van der Waals surface area contributed by atoms with Crippen molar-refractivity contribution in [3.05, 3.63) is 35.1 Å². The average molecular weight is 329 g/mol. The van der Waals surface area contributed by atoms with Gasteiger partial charge in [0.2, 0.25) is 0 Å². The molecule has 8 heteroatoms. The molecule has 0 radical (unpaired) electrons. The number of aliphatic hydroxyl groups is 2. The van der Waals surface area contributed by atoms with Crippen molar-refractivity contribution in [2.75, 3.05) is 6.54 Å². The Morgan fingerprint density at radius 3 is 2.43 bits per heavy atom. The van der Waals surface area contributed by atoms with Crippen molar-refractivity contribution in [2.45, 2.75) is 38.6 Å². The molecule has 0 bridgehead atoms. The molecule has 0 aliphatic heterocycles. The monoisotopic (exact) mass is 329 g/mol. The van der Waals surface area contributed by atoms with Crippen LogP contribution in [0.1, 0.15) is 42.8 Å². The van der Waals surface area contributed by atoms with E-state index in [-0.39, 0.29) is 11.1 Å². The molecule has 0 saturated heterocycles. The smallest absolute Gasteiger partial charge is 0.407 e. The minimum absolute atomic E-state index is 0.281. The maximum Gasteiger partial charge on any atom is 0.407 e. The van der Waals surface area contributed by atoms with Gasteiger partial charge in [-0.05, 0) is 39.0 Å². The summed E-state index contributed by atoms with van der Waals surface area (Å²) in [4.78, 5) is 22.5. The zero-order valence-corrected chi connectivity index (χ0v) is 13.0. The molecular formula is C15H20FNO6. The van der Waals surface area contributed by atoms with Crippen molar-refractivity contribution in [3.8, 4) is 0 Å². The van der Waals surface area contributed by atoms with Gasteiger partial charge in [0.25, 0.3) is 0 Å². The van der Waals surface area contributed by atoms with Gasteiger partial charge in [0.1, 0.15) is 23.6 Å². The largest absolute Gasteiger partial charge is 0.478 e. The third-order valence-corrected chi connectivity index (χ3v) is 2.78. The Kier molecular flexibility index (Phi) is 6.05. The van der Waals surface area contributed by atoms with E-state index in [4.69, 9.17) is 9.84 Å². The van der Waals surface area contributed by atoms with Gasteiger partial charge in [0.15, 0.2) is 0 Å². The predicted octanol–water partition coefficient (Wildman–Crippen LogP) is 1.44. The number of carboxylic acid groups (broad SMARTS) is 1. The maximum absolute atomic E-state index is 13.3. The molecule has 0 saturated carbocycles. The molecule has 0 aromatic heterocycles. The van der Waals surface area contributed by atoms with Crippen LogP contribution in [0.2, 0.25) is 0 Å². The van der Waals surface area contributed by atoms with Crippen molar-refractivity contribution >= 4 is 12.1 Å². The molecule has 1 amide bonds. The molecule has 7 nitrogen and oxygen atoms in total. The number of amides is 1. The number of carbonyl (C=O) groups excluding carboxylic acids is 1. The second kappa shape index (κ2) is 7.38. The van der Waals surface area contributed by atoms with Gasteiger partial charge >= 0.3 is 12.1 Å². The molecule has 0 heterocycles. The molecule has 0 aliphatic rings. The van der Waals surface area contributed by atoms with E-state index in [0.29, 0.717) is 0 Å². The molecule has 0 aliphatic carbocycles. The number of carboxylic acids is 1. The second-order valence-corrected chi connectivity index (χ2v) is 5.93. The number of ether oxygens (including phenoxy) is 1. The van der Waals surface area contributed by atoms with E-state index in [9.17, 15) is 24.2 Å². The van der Waals surface area contributed by atoms with Crippen LogP contribution in [0, 0.1) is 5.82 Å². The first-order chi connectivity index (χ1) is 10.5. The third-order valence-electron chi connectivity index (χ3n) is 2.78. The van der Waals surface area contributed by atoms with E-state index in [2.05, 4.69) is 5.32 Å². The predicted molar refractivity (Wildman–Crippen MR) is 78.6 cm³/mol. The van der Waals surface area contributed by atoms with Gasteiger partial charge in [-0.15, -0.1) is 0 Å². The quantitative estimate of drug-likeness (QED) is 0.649. The van der Waals surface area contributed by atoms with Crippen LogP contribution >= 0.6 is 0 Å². The molecule has 0 fully saturated rings. The number of hydrogen-bond donors (Lipinski definition) is 4. The Labute approximate surface area is 132 Å². The highest BCUT2D eigenvalue weighted by Gasteiger charge is 2.25. The zero-order chi connectivity index (χ0) is 17.8. The Hall–Kier alpha value is -2.19. The van der Waals surface area contributed by atoms with Crippen LogP contribution in [-0.2, 0) is 4.74 Å². The lowest BCUT2D eigenvalue weighted by atomic mass is 9.98. The fourth-order valence-corrected chi connectivity index (χ4v) is 1.79. The van der Waals surface area contributed by atoms with Crippen LogP contribution in [-0.4, -0.2) is 45.6 Å². The summed E-state index contributed by atoms with van der Waals surface area (Å²) in [5, 5.41) is 31.2. The van der Waals surface area contributed by atoms with Crippen molar-refractivity contribution in [2.24, 2.45) is 0 Å². The zero-order valence-electron chi connectivity index (χ0n) is 13.0. The van der Waals surface area contributed by atoms with Gasteiger partial charge in [-0.25, -0.2) is 14.0 Å². The summed E-state index contributed by atoms with van der Waals surface area (Å²) >= 11 is 0. The maximum atomic E-state index is 13.3. The van der Waals surface area contributed by atoms with Gasteiger partial charge in [0, 0.05) is 12.1 Å². The molecule has 1 aromatic rings. The number of rotatable bonds is 5. The summed E-state index contributed by atoms with van der Waals surface area (Å²) in [7, 11) is 0. The topological polar surface area (TPSA) is 116 Å². The molecule has 128 valence electrons. The molecule has 2 atom stereocenters. The lowest BCUT2D eigenvalue weighted by molar-refractivity contribution is 0.0119. The Morgan fingerprint density at radius 1 is 1.30 bits per heavy atom. The van der Waals surface area contributed by atoms with Crippen molar-refractivity contribution < 1.29 is 34.0 Å². The van der Waals surface area contributed by atoms with Gasteiger partial charge in [0.05, 0.1) is 5.56 Å². The SMILES string of the molecule is CC(C)(C)OC(=O)NCC(O)C(O)c1cc(F)ccc1C(=O)O. The molecule has 23 heavy (non-hydrogen) atoms.